The molecule has 0 saturated carbocycles. The Balaban J connectivity index is 1.53. The van der Waals surface area contributed by atoms with Crippen LogP contribution >= 0.6 is 0 Å². The van der Waals surface area contributed by atoms with Crippen LogP contribution in [0.3, 0.4) is 0 Å². The van der Waals surface area contributed by atoms with Crippen molar-refractivity contribution in [3.63, 3.8) is 0 Å². The fraction of sp³-hybridized carbons (Fsp3) is 0.667. The summed E-state index contributed by atoms with van der Waals surface area (Å²) in [7, 11) is -2.89. The lowest BCUT2D eigenvalue weighted by Crippen LogP contribution is -2.44. The molecule has 2 atom stereocenters. The molecule has 7 heteroatoms. The minimum absolute atomic E-state index is 0.0443. The first-order valence-electron chi connectivity index (χ1n) is 10.5. The number of guanidine groups is 1. The molecule has 1 aromatic carbocycles. The van der Waals surface area contributed by atoms with Crippen LogP contribution in [0.4, 0.5) is 0 Å². The fourth-order valence-electron chi connectivity index (χ4n) is 4.03. The van der Waals surface area contributed by atoms with Gasteiger partial charge in [-0.15, -0.1) is 0 Å². The average Bonchev–Trinajstić information content (AvgIpc) is 2.99. The Hall–Kier alpha value is -1.60. The van der Waals surface area contributed by atoms with E-state index in [2.05, 4.69) is 51.7 Å². The van der Waals surface area contributed by atoms with E-state index in [-0.39, 0.29) is 17.5 Å². The van der Waals surface area contributed by atoms with Crippen molar-refractivity contribution in [3.8, 4) is 0 Å². The van der Waals surface area contributed by atoms with Gasteiger partial charge in [0.15, 0.2) is 15.8 Å². The van der Waals surface area contributed by atoms with Crippen molar-refractivity contribution in [2.24, 2.45) is 10.9 Å². The van der Waals surface area contributed by atoms with E-state index in [0.29, 0.717) is 18.9 Å². The van der Waals surface area contributed by atoms with Crippen LogP contribution in [0.2, 0.25) is 0 Å². The van der Waals surface area contributed by atoms with E-state index >= 15 is 0 Å². The van der Waals surface area contributed by atoms with Crippen LogP contribution in [0, 0.1) is 5.92 Å². The average molecular weight is 407 g/mol. The molecule has 1 aromatic rings. The molecule has 0 aliphatic carbocycles. The zero-order valence-corrected chi connectivity index (χ0v) is 18.0. The van der Waals surface area contributed by atoms with E-state index < -0.39 is 9.84 Å². The van der Waals surface area contributed by atoms with Crippen LogP contribution < -0.4 is 10.6 Å². The van der Waals surface area contributed by atoms with Crippen molar-refractivity contribution in [1.82, 2.24) is 15.5 Å². The van der Waals surface area contributed by atoms with Gasteiger partial charge in [-0.25, -0.2) is 13.4 Å². The molecule has 6 nitrogen and oxygen atoms in total. The third-order valence-electron chi connectivity index (χ3n) is 5.51. The van der Waals surface area contributed by atoms with Gasteiger partial charge in [-0.3, -0.25) is 4.90 Å². The molecular weight excluding hydrogens is 372 g/mol. The Morgan fingerprint density at radius 3 is 2.61 bits per heavy atom. The highest BCUT2D eigenvalue weighted by molar-refractivity contribution is 7.91. The number of sulfone groups is 1. The predicted octanol–water partition coefficient (Wildman–Crippen LogP) is 2.16. The van der Waals surface area contributed by atoms with Gasteiger partial charge in [0.2, 0.25) is 0 Å². The van der Waals surface area contributed by atoms with Gasteiger partial charge in [0, 0.05) is 25.7 Å². The topological polar surface area (TPSA) is 73.8 Å². The van der Waals surface area contributed by atoms with Crippen molar-refractivity contribution < 1.29 is 8.42 Å². The standard InChI is InChI=1S/C21H34N4O2S/c1-3-22-21(24-20-10-12-28(26,27)16-20)23-13-18-6-8-19(9-7-18)15-25-11-4-5-17(2)14-25/h6-9,17,20H,3-5,10-16H2,1-2H3,(H2,22,23,24). The molecule has 0 aromatic heterocycles. The molecule has 3 rings (SSSR count). The van der Waals surface area contributed by atoms with E-state index in [0.717, 1.165) is 24.6 Å². The van der Waals surface area contributed by atoms with Gasteiger partial charge in [-0.1, -0.05) is 31.2 Å². The molecule has 2 fully saturated rings. The van der Waals surface area contributed by atoms with E-state index in [1.165, 1.54) is 31.5 Å². The molecule has 156 valence electrons. The number of likely N-dealkylation sites (tertiary alicyclic amines) is 1. The molecule has 2 saturated heterocycles. The number of piperidine rings is 1. The molecule has 0 radical (unpaired) electrons. The monoisotopic (exact) mass is 406 g/mol. The maximum atomic E-state index is 11.6. The maximum absolute atomic E-state index is 11.6. The summed E-state index contributed by atoms with van der Waals surface area (Å²) < 4.78 is 23.3. The molecule has 2 heterocycles. The predicted molar refractivity (Wildman–Crippen MR) is 115 cm³/mol. The van der Waals surface area contributed by atoms with Gasteiger partial charge in [0.1, 0.15) is 0 Å². The summed E-state index contributed by atoms with van der Waals surface area (Å²) in [5.74, 6) is 1.95. The Morgan fingerprint density at radius 1 is 1.21 bits per heavy atom. The summed E-state index contributed by atoms with van der Waals surface area (Å²) in [6.45, 7) is 9.09. The van der Waals surface area contributed by atoms with Crippen LogP contribution in [0.15, 0.2) is 29.3 Å². The molecule has 0 bridgehead atoms. The minimum atomic E-state index is -2.89. The van der Waals surface area contributed by atoms with Crippen LogP contribution in [0.25, 0.3) is 0 Å². The number of hydrogen-bond acceptors (Lipinski definition) is 4. The van der Waals surface area contributed by atoms with Crippen LogP contribution in [-0.4, -0.2) is 56.5 Å². The number of nitrogens with zero attached hydrogens (tertiary/aromatic N) is 2. The van der Waals surface area contributed by atoms with E-state index in [1.54, 1.807) is 0 Å². The van der Waals surface area contributed by atoms with Crippen molar-refractivity contribution in [2.45, 2.75) is 52.2 Å². The van der Waals surface area contributed by atoms with E-state index in [9.17, 15) is 8.42 Å². The SMILES string of the molecule is CCNC(=NCc1ccc(CN2CCCC(C)C2)cc1)NC1CCS(=O)(=O)C1. The highest BCUT2D eigenvalue weighted by Gasteiger charge is 2.28. The molecule has 2 N–H and O–H groups in total. The van der Waals surface area contributed by atoms with Crippen molar-refractivity contribution >= 4 is 15.8 Å². The Kier molecular flexibility index (Phi) is 7.35. The van der Waals surface area contributed by atoms with Crippen LogP contribution in [-0.2, 0) is 22.9 Å². The Morgan fingerprint density at radius 2 is 1.96 bits per heavy atom. The number of nitrogens with one attached hydrogen (secondary N) is 2. The highest BCUT2D eigenvalue weighted by Crippen LogP contribution is 2.18. The smallest absolute Gasteiger partial charge is 0.191 e. The summed E-state index contributed by atoms with van der Waals surface area (Å²) >= 11 is 0. The first-order valence-corrected chi connectivity index (χ1v) is 12.3. The van der Waals surface area contributed by atoms with Gasteiger partial charge < -0.3 is 10.6 Å². The van der Waals surface area contributed by atoms with Gasteiger partial charge >= 0.3 is 0 Å². The zero-order chi connectivity index (χ0) is 20.0. The lowest BCUT2D eigenvalue weighted by atomic mass is 9.99. The van der Waals surface area contributed by atoms with Crippen molar-refractivity contribution in [1.29, 1.82) is 0 Å². The molecular formula is C21H34N4O2S. The number of benzene rings is 1. The van der Waals surface area contributed by atoms with Gasteiger partial charge in [-0.2, -0.15) is 0 Å². The first-order chi connectivity index (χ1) is 13.4. The van der Waals surface area contributed by atoms with E-state index in [4.69, 9.17) is 0 Å². The lowest BCUT2D eigenvalue weighted by Gasteiger charge is -2.30. The quantitative estimate of drug-likeness (QED) is 0.559. The number of aliphatic imine (C=N–C) groups is 1. The van der Waals surface area contributed by atoms with E-state index in [1.807, 2.05) is 6.92 Å². The molecule has 2 aliphatic rings. The normalized spacial score (nSPS) is 25.6. The first kappa shape index (κ1) is 21.1. The highest BCUT2D eigenvalue weighted by atomic mass is 32.2. The third kappa shape index (κ3) is 6.48. The molecule has 28 heavy (non-hydrogen) atoms. The molecule has 0 amide bonds. The lowest BCUT2D eigenvalue weighted by molar-refractivity contribution is 0.176. The third-order valence-corrected chi connectivity index (χ3v) is 7.28. The molecule has 0 spiro atoms. The zero-order valence-electron chi connectivity index (χ0n) is 17.2. The Bertz CT molecular complexity index is 761. The largest absolute Gasteiger partial charge is 0.357 e. The summed E-state index contributed by atoms with van der Waals surface area (Å²) in [5.41, 5.74) is 2.51. The number of hydrogen-bond donors (Lipinski definition) is 2. The van der Waals surface area contributed by atoms with Gasteiger partial charge in [0.25, 0.3) is 0 Å². The molecule has 2 aliphatic heterocycles. The number of rotatable bonds is 6. The second kappa shape index (κ2) is 9.74. The fourth-order valence-corrected chi connectivity index (χ4v) is 5.70. The minimum Gasteiger partial charge on any atom is -0.357 e. The summed E-state index contributed by atoms with van der Waals surface area (Å²) in [5, 5.41) is 6.48. The van der Waals surface area contributed by atoms with Crippen LogP contribution in [0.5, 0.6) is 0 Å². The van der Waals surface area contributed by atoms with Crippen molar-refractivity contribution in [3.05, 3.63) is 35.4 Å². The summed E-state index contributed by atoms with van der Waals surface area (Å²) in [6.07, 6.45) is 3.30. The van der Waals surface area contributed by atoms with Crippen molar-refractivity contribution in [2.75, 3.05) is 31.1 Å². The second-order valence-corrected chi connectivity index (χ2v) is 10.5. The summed E-state index contributed by atoms with van der Waals surface area (Å²) in [4.78, 5) is 7.19. The van der Waals surface area contributed by atoms with Gasteiger partial charge in [-0.05, 0) is 49.8 Å². The summed E-state index contributed by atoms with van der Waals surface area (Å²) in [6, 6.07) is 8.66. The Labute approximate surface area is 169 Å². The second-order valence-electron chi connectivity index (χ2n) is 8.24. The molecule has 2 unspecified atom stereocenters. The maximum Gasteiger partial charge on any atom is 0.191 e. The van der Waals surface area contributed by atoms with Crippen LogP contribution in [0.1, 0.15) is 44.2 Å². The van der Waals surface area contributed by atoms with Gasteiger partial charge in [0.05, 0.1) is 18.1 Å².